The van der Waals surface area contributed by atoms with E-state index in [1.165, 1.54) is 25.7 Å². The zero-order valence-corrected chi connectivity index (χ0v) is 6.52. The minimum absolute atomic E-state index is 0.171. The van der Waals surface area contributed by atoms with Crippen LogP contribution >= 0.6 is 0 Å². The van der Waals surface area contributed by atoms with Crippen LogP contribution in [-0.4, -0.2) is 5.78 Å². The molecule has 0 radical (unpaired) electrons. The van der Waals surface area contributed by atoms with E-state index in [9.17, 15) is 4.79 Å². The molecule has 56 valence electrons. The Labute approximate surface area is 61.8 Å². The van der Waals surface area contributed by atoms with Crippen molar-refractivity contribution in [3.05, 3.63) is 0 Å². The molecule has 2 bridgehead atoms. The van der Waals surface area contributed by atoms with Crippen LogP contribution in [0.2, 0.25) is 0 Å². The van der Waals surface area contributed by atoms with Gasteiger partial charge in [0.2, 0.25) is 0 Å². The lowest BCUT2D eigenvalue weighted by Crippen LogP contribution is -2.20. The number of fused-ring (bicyclic) bond motifs is 2. The number of Topliss-reactive ketones (excluding diaryl/α,β-unsaturated/α-hetero) is 1. The number of hydrogen-bond acceptors (Lipinski definition) is 1. The molecule has 0 aromatic heterocycles. The van der Waals surface area contributed by atoms with Crippen LogP contribution in [0.1, 0.15) is 39.0 Å². The second-order valence-electron chi connectivity index (χ2n) is 3.77. The van der Waals surface area contributed by atoms with Gasteiger partial charge >= 0.3 is 0 Å². The number of hydrogen-bond donors (Lipinski definition) is 0. The molecular formula is C9H14O. The van der Waals surface area contributed by atoms with Gasteiger partial charge in [0, 0.05) is 11.3 Å². The summed E-state index contributed by atoms with van der Waals surface area (Å²) in [5.41, 5.74) is 0.171. The lowest BCUT2D eigenvalue weighted by molar-refractivity contribution is -0.125. The summed E-state index contributed by atoms with van der Waals surface area (Å²) in [5.74, 6) is 1.06. The summed E-state index contributed by atoms with van der Waals surface area (Å²) in [6, 6.07) is 0. The van der Waals surface area contributed by atoms with E-state index in [-0.39, 0.29) is 5.41 Å². The molecule has 0 N–H and O–H groups in total. The molecule has 10 heavy (non-hydrogen) atoms. The molecule has 0 saturated heterocycles. The minimum atomic E-state index is 0.171. The summed E-state index contributed by atoms with van der Waals surface area (Å²) in [7, 11) is 0. The normalized spacial score (nSPS) is 44.9. The van der Waals surface area contributed by atoms with Crippen molar-refractivity contribution in [1.82, 2.24) is 0 Å². The van der Waals surface area contributed by atoms with E-state index in [0.717, 1.165) is 6.42 Å². The van der Waals surface area contributed by atoms with E-state index in [0.29, 0.717) is 11.7 Å². The third-order valence-corrected chi connectivity index (χ3v) is 3.51. The highest BCUT2D eigenvalue weighted by Gasteiger charge is 2.51. The highest BCUT2D eigenvalue weighted by molar-refractivity contribution is 5.91. The van der Waals surface area contributed by atoms with Crippen molar-refractivity contribution >= 4 is 5.78 Å². The molecule has 2 rings (SSSR count). The third-order valence-electron chi connectivity index (χ3n) is 3.51. The fourth-order valence-corrected chi connectivity index (χ4v) is 2.64. The minimum Gasteiger partial charge on any atom is -0.299 e. The summed E-state index contributed by atoms with van der Waals surface area (Å²) in [6.45, 7) is 2.16. The first kappa shape index (κ1) is 6.38. The second-order valence-corrected chi connectivity index (χ2v) is 3.77. The Bertz CT molecular complexity index is 164. The van der Waals surface area contributed by atoms with E-state index < -0.39 is 0 Å². The zero-order chi connectivity index (χ0) is 7.19. The lowest BCUT2D eigenvalue weighted by atomic mass is 9.81. The van der Waals surface area contributed by atoms with Crippen LogP contribution < -0.4 is 0 Å². The largest absolute Gasteiger partial charge is 0.299 e. The molecule has 0 aliphatic heterocycles. The summed E-state index contributed by atoms with van der Waals surface area (Å²) in [6.07, 6.45) is 5.84. The maximum atomic E-state index is 11.5. The van der Waals surface area contributed by atoms with Crippen molar-refractivity contribution < 1.29 is 4.79 Å². The molecule has 2 saturated carbocycles. The van der Waals surface area contributed by atoms with Gasteiger partial charge in [0.15, 0.2) is 0 Å². The maximum absolute atomic E-state index is 11.5. The summed E-state index contributed by atoms with van der Waals surface area (Å²) in [4.78, 5) is 11.5. The van der Waals surface area contributed by atoms with Crippen LogP contribution in [0.3, 0.4) is 0 Å². The lowest BCUT2D eigenvalue weighted by Gasteiger charge is -2.21. The van der Waals surface area contributed by atoms with Gasteiger partial charge in [-0.1, -0.05) is 6.92 Å². The highest BCUT2D eigenvalue weighted by atomic mass is 16.1. The molecule has 0 aromatic carbocycles. The molecule has 2 aliphatic rings. The van der Waals surface area contributed by atoms with Gasteiger partial charge in [0.1, 0.15) is 5.78 Å². The molecular weight excluding hydrogens is 124 g/mol. The highest BCUT2D eigenvalue weighted by Crippen LogP contribution is 2.52. The van der Waals surface area contributed by atoms with Crippen molar-refractivity contribution in [3.63, 3.8) is 0 Å². The fourth-order valence-electron chi connectivity index (χ4n) is 2.64. The number of ketones is 1. The molecule has 0 aromatic rings. The van der Waals surface area contributed by atoms with Crippen molar-refractivity contribution in [2.45, 2.75) is 39.0 Å². The van der Waals surface area contributed by atoms with Crippen LogP contribution in [0.5, 0.6) is 0 Å². The monoisotopic (exact) mass is 138 g/mol. The predicted octanol–water partition coefficient (Wildman–Crippen LogP) is 2.16. The van der Waals surface area contributed by atoms with Crippen molar-refractivity contribution in [3.8, 4) is 0 Å². The SMILES string of the molecule is CCC12CCC(CC1)C2=O. The Morgan fingerprint density at radius 1 is 1.50 bits per heavy atom. The van der Waals surface area contributed by atoms with E-state index in [2.05, 4.69) is 6.92 Å². The Morgan fingerprint density at radius 3 is 2.30 bits per heavy atom. The number of rotatable bonds is 1. The quantitative estimate of drug-likeness (QED) is 0.542. The van der Waals surface area contributed by atoms with Gasteiger partial charge in [0.05, 0.1) is 0 Å². The van der Waals surface area contributed by atoms with E-state index >= 15 is 0 Å². The van der Waals surface area contributed by atoms with Crippen LogP contribution in [-0.2, 0) is 4.79 Å². The van der Waals surface area contributed by atoms with E-state index in [1.807, 2.05) is 0 Å². The number of carbonyl (C=O) groups excluding carboxylic acids is 1. The average molecular weight is 138 g/mol. The summed E-state index contributed by atoms with van der Waals surface area (Å²) >= 11 is 0. The zero-order valence-electron chi connectivity index (χ0n) is 6.52. The van der Waals surface area contributed by atoms with Crippen LogP contribution in [0, 0.1) is 11.3 Å². The van der Waals surface area contributed by atoms with Crippen molar-refractivity contribution in [1.29, 1.82) is 0 Å². The topological polar surface area (TPSA) is 17.1 Å². The van der Waals surface area contributed by atoms with Crippen molar-refractivity contribution in [2.24, 2.45) is 11.3 Å². The van der Waals surface area contributed by atoms with Crippen LogP contribution in [0.15, 0.2) is 0 Å². The standard InChI is InChI=1S/C9H14O/c1-2-9-5-3-7(4-6-9)8(9)10/h7H,2-6H2,1H3. The number of carbonyl (C=O) groups is 1. The molecule has 1 heteroatoms. The van der Waals surface area contributed by atoms with Crippen molar-refractivity contribution in [2.75, 3.05) is 0 Å². The first-order chi connectivity index (χ1) is 4.78. The second kappa shape index (κ2) is 1.84. The molecule has 0 atom stereocenters. The van der Waals surface area contributed by atoms with Gasteiger partial charge in [-0.05, 0) is 32.1 Å². The smallest absolute Gasteiger partial charge is 0.142 e. The van der Waals surface area contributed by atoms with Gasteiger partial charge in [-0.3, -0.25) is 4.79 Å². The fraction of sp³-hybridized carbons (Fsp3) is 0.889. The Morgan fingerprint density at radius 2 is 2.10 bits per heavy atom. The first-order valence-electron chi connectivity index (χ1n) is 4.33. The Hall–Kier alpha value is -0.330. The van der Waals surface area contributed by atoms with Gasteiger partial charge in [-0.2, -0.15) is 0 Å². The molecule has 0 heterocycles. The molecule has 1 nitrogen and oxygen atoms in total. The van der Waals surface area contributed by atoms with Gasteiger partial charge < -0.3 is 0 Å². The van der Waals surface area contributed by atoms with E-state index in [1.54, 1.807) is 0 Å². The van der Waals surface area contributed by atoms with Gasteiger partial charge in [-0.25, -0.2) is 0 Å². The third kappa shape index (κ3) is 0.561. The molecule has 0 unspecified atom stereocenters. The average Bonchev–Trinajstić information content (AvgIpc) is 2.46. The summed E-state index contributed by atoms with van der Waals surface area (Å²) in [5, 5.41) is 0. The van der Waals surface area contributed by atoms with Gasteiger partial charge in [0.25, 0.3) is 0 Å². The molecule has 0 spiro atoms. The Kier molecular flexibility index (Phi) is 1.17. The molecule has 2 fully saturated rings. The van der Waals surface area contributed by atoms with Gasteiger partial charge in [-0.15, -0.1) is 0 Å². The summed E-state index contributed by atoms with van der Waals surface area (Å²) < 4.78 is 0. The van der Waals surface area contributed by atoms with E-state index in [4.69, 9.17) is 0 Å². The van der Waals surface area contributed by atoms with Crippen LogP contribution in [0.25, 0.3) is 0 Å². The Balaban J connectivity index is 2.30. The molecule has 2 aliphatic carbocycles. The van der Waals surface area contributed by atoms with Crippen LogP contribution in [0.4, 0.5) is 0 Å². The first-order valence-corrected chi connectivity index (χ1v) is 4.33. The predicted molar refractivity (Wildman–Crippen MR) is 39.7 cm³/mol. The molecule has 0 amide bonds. The maximum Gasteiger partial charge on any atom is 0.142 e.